The normalized spacial score (nSPS) is 14.6. The van der Waals surface area contributed by atoms with Gasteiger partial charge in [0.2, 0.25) is 0 Å². The molecular weight excluding hydrogens is 500 g/mol. The fourth-order valence-corrected chi connectivity index (χ4v) is 3.54. The summed E-state index contributed by atoms with van der Waals surface area (Å²) < 4.78 is 23.3. The molecule has 0 aromatic heterocycles. The predicted molar refractivity (Wildman–Crippen MR) is 149 cm³/mol. The van der Waals surface area contributed by atoms with Crippen LogP contribution in [0.3, 0.4) is 0 Å². The van der Waals surface area contributed by atoms with E-state index in [0.717, 1.165) is 11.1 Å². The molecule has 0 spiro atoms. The number of benzene rings is 2. The molecule has 0 heterocycles. The molecule has 3 unspecified atom stereocenters. The van der Waals surface area contributed by atoms with Gasteiger partial charge in [-0.05, 0) is 59.6 Å². The first kappa shape index (κ1) is 32.8. The van der Waals surface area contributed by atoms with E-state index in [1.54, 1.807) is 24.3 Å². The van der Waals surface area contributed by atoms with E-state index in [9.17, 15) is 19.8 Å². The quantitative estimate of drug-likeness (QED) is 0.280. The van der Waals surface area contributed by atoms with Crippen molar-refractivity contribution in [3.8, 4) is 0 Å². The summed E-state index contributed by atoms with van der Waals surface area (Å²) in [6, 6.07) is 14.1. The molecule has 0 saturated carbocycles. The maximum atomic E-state index is 12.1. The van der Waals surface area contributed by atoms with Crippen LogP contribution in [0.1, 0.15) is 80.3 Å². The van der Waals surface area contributed by atoms with Gasteiger partial charge in [0.05, 0.1) is 51.3 Å². The van der Waals surface area contributed by atoms with E-state index in [1.807, 2.05) is 45.0 Å². The van der Waals surface area contributed by atoms with Gasteiger partial charge in [-0.25, -0.2) is 0 Å². The van der Waals surface area contributed by atoms with Crippen LogP contribution in [-0.2, 0) is 32.2 Å². The summed E-state index contributed by atoms with van der Waals surface area (Å²) >= 11 is 0. The van der Waals surface area contributed by atoms with Gasteiger partial charge in [0.25, 0.3) is 0 Å². The van der Waals surface area contributed by atoms with E-state index in [0.29, 0.717) is 44.2 Å². The van der Waals surface area contributed by atoms with E-state index >= 15 is 0 Å². The summed E-state index contributed by atoms with van der Waals surface area (Å²) in [5, 5.41) is 19.7. The minimum absolute atomic E-state index is 0.118. The Kier molecular flexibility index (Phi) is 12.4. The lowest BCUT2D eigenvalue weighted by atomic mass is 9.96. The first-order valence-electron chi connectivity index (χ1n) is 13.3. The highest BCUT2D eigenvalue weighted by molar-refractivity contribution is 6.02. The van der Waals surface area contributed by atoms with Gasteiger partial charge in [-0.1, -0.05) is 48.5 Å². The molecule has 39 heavy (non-hydrogen) atoms. The monoisotopic (exact) mass is 544 g/mol. The largest absolute Gasteiger partial charge is 0.382 e. The third-order valence-corrected chi connectivity index (χ3v) is 5.93. The van der Waals surface area contributed by atoms with Crippen molar-refractivity contribution in [2.24, 2.45) is 0 Å². The van der Waals surface area contributed by atoms with Crippen molar-refractivity contribution in [1.82, 2.24) is 0 Å². The number of ether oxygens (including phenoxy) is 4. The molecule has 0 aliphatic heterocycles. The smallest absolute Gasteiger partial charge is 0.193 e. The lowest BCUT2D eigenvalue weighted by Crippen LogP contribution is -2.31. The van der Waals surface area contributed by atoms with E-state index in [4.69, 9.17) is 18.9 Å². The molecule has 2 rings (SSSR count). The molecule has 2 aromatic rings. The number of carbonyl (C=O) groups is 2. The van der Waals surface area contributed by atoms with Crippen molar-refractivity contribution < 1.29 is 38.7 Å². The number of hydrogen-bond acceptors (Lipinski definition) is 8. The van der Waals surface area contributed by atoms with Crippen LogP contribution in [0.15, 0.2) is 48.5 Å². The van der Waals surface area contributed by atoms with E-state index in [1.165, 1.54) is 27.7 Å². The van der Waals surface area contributed by atoms with Crippen LogP contribution in [0.5, 0.6) is 0 Å². The van der Waals surface area contributed by atoms with Gasteiger partial charge in [-0.2, -0.15) is 0 Å². The summed E-state index contributed by atoms with van der Waals surface area (Å²) in [5.74, 6) is -0.636. The zero-order chi connectivity index (χ0) is 29.2. The molecule has 8 nitrogen and oxygen atoms in total. The van der Waals surface area contributed by atoms with Gasteiger partial charge >= 0.3 is 0 Å². The molecule has 2 aromatic carbocycles. The highest BCUT2D eigenvalue weighted by Gasteiger charge is 2.25. The molecule has 216 valence electrons. The Bertz CT molecular complexity index is 1030. The number of hydrogen-bond donors (Lipinski definition) is 2. The SMILES string of the molecule is CC(COCc1ccc(C(=O)C(C)(C)O)cc1)OCC(C)OCC(C)OCc1ccc(C(=O)C(C)(C)O)cc1. The molecule has 0 bridgehead atoms. The molecule has 3 atom stereocenters. The highest BCUT2D eigenvalue weighted by atomic mass is 16.6. The van der Waals surface area contributed by atoms with Crippen molar-refractivity contribution in [3.63, 3.8) is 0 Å². The molecular formula is C31H44O8. The van der Waals surface area contributed by atoms with E-state index in [-0.39, 0.29) is 29.9 Å². The lowest BCUT2D eigenvalue weighted by molar-refractivity contribution is -0.0832. The zero-order valence-electron chi connectivity index (χ0n) is 24.2. The molecule has 0 radical (unpaired) electrons. The van der Waals surface area contributed by atoms with Crippen LogP contribution in [0.4, 0.5) is 0 Å². The second-order valence-corrected chi connectivity index (χ2v) is 11.1. The molecule has 0 amide bonds. The number of aliphatic hydroxyl groups is 2. The number of Topliss-reactive ketones (excluding diaryl/α,β-unsaturated/α-hetero) is 2. The molecule has 0 aliphatic carbocycles. The molecule has 2 N–H and O–H groups in total. The van der Waals surface area contributed by atoms with Crippen LogP contribution in [0, 0.1) is 0 Å². The zero-order valence-corrected chi connectivity index (χ0v) is 24.2. The van der Waals surface area contributed by atoms with Gasteiger partial charge in [-0.3, -0.25) is 9.59 Å². The standard InChI is InChI=1S/C31H44O8/c1-21(16-36-19-24-8-12-26(13-9-24)28(32)30(4,5)34)37-17-22(2)38-18-23(3)39-20-25-10-14-27(15-11-25)29(33)31(6,7)35/h8-15,21-23,34-35H,16-20H2,1-7H3. The van der Waals surface area contributed by atoms with Gasteiger partial charge in [0, 0.05) is 11.1 Å². The second kappa shape index (κ2) is 14.8. The predicted octanol–water partition coefficient (Wildman–Crippen LogP) is 4.53. The van der Waals surface area contributed by atoms with Crippen molar-refractivity contribution >= 4 is 11.6 Å². The third kappa shape index (κ3) is 11.7. The van der Waals surface area contributed by atoms with E-state index < -0.39 is 11.2 Å². The third-order valence-electron chi connectivity index (χ3n) is 5.93. The van der Waals surface area contributed by atoms with Gasteiger partial charge in [0.1, 0.15) is 11.2 Å². The molecule has 0 saturated heterocycles. The summed E-state index contributed by atoms with van der Waals surface area (Å²) in [6.07, 6.45) is -0.366. The lowest BCUT2D eigenvalue weighted by Gasteiger charge is -2.20. The van der Waals surface area contributed by atoms with E-state index in [2.05, 4.69) is 0 Å². The number of carbonyl (C=O) groups excluding carboxylic acids is 2. The van der Waals surface area contributed by atoms with Crippen molar-refractivity contribution in [1.29, 1.82) is 0 Å². The minimum atomic E-state index is -1.40. The Morgan fingerprint density at radius 2 is 0.974 bits per heavy atom. The maximum Gasteiger partial charge on any atom is 0.193 e. The molecule has 0 aliphatic rings. The average molecular weight is 545 g/mol. The fourth-order valence-electron chi connectivity index (χ4n) is 3.54. The first-order valence-corrected chi connectivity index (χ1v) is 13.3. The Balaban J connectivity index is 1.61. The van der Waals surface area contributed by atoms with Crippen molar-refractivity contribution in [2.75, 3.05) is 19.8 Å². The summed E-state index contributed by atoms with van der Waals surface area (Å²) in [4.78, 5) is 24.2. The Hall–Kier alpha value is -2.46. The van der Waals surface area contributed by atoms with Crippen LogP contribution in [0.25, 0.3) is 0 Å². The summed E-state index contributed by atoms with van der Waals surface area (Å²) in [7, 11) is 0. The maximum absolute atomic E-state index is 12.1. The Morgan fingerprint density at radius 1 is 0.615 bits per heavy atom. The second-order valence-electron chi connectivity index (χ2n) is 11.1. The number of rotatable bonds is 17. The Morgan fingerprint density at radius 3 is 1.38 bits per heavy atom. The van der Waals surface area contributed by atoms with Crippen molar-refractivity contribution in [3.05, 3.63) is 70.8 Å². The van der Waals surface area contributed by atoms with Crippen LogP contribution >= 0.6 is 0 Å². The summed E-state index contributed by atoms with van der Waals surface area (Å²) in [6.45, 7) is 13.7. The van der Waals surface area contributed by atoms with Gasteiger partial charge in [0.15, 0.2) is 11.6 Å². The number of ketones is 2. The van der Waals surface area contributed by atoms with Crippen LogP contribution in [0.2, 0.25) is 0 Å². The highest BCUT2D eigenvalue weighted by Crippen LogP contribution is 2.16. The average Bonchev–Trinajstić information content (AvgIpc) is 2.88. The molecule has 8 heteroatoms. The topological polar surface area (TPSA) is 112 Å². The minimum Gasteiger partial charge on any atom is -0.382 e. The van der Waals surface area contributed by atoms with Gasteiger partial charge in [-0.15, -0.1) is 0 Å². The molecule has 0 fully saturated rings. The van der Waals surface area contributed by atoms with Crippen molar-refractivity contribution in [2.45, 2.75) is 91.2 Å². The summed E-state index contributed by atoms with van der Waals surface area (Å²) in [5.41, 5.74) is -0.00796. The van der Waals surface area contributed by atoms with Gasteiger partial charge < -0.3 is 29.2 Å². The van der Waals surface area contributed by atoms with Crippen LogP contribution in [-0.4, -0.2) is 71.1 Å². The van der Waals surface area contributed by atoms with Crippen LogP contribution < -0.4 is 0 Å². The first-order chi connectivity index (χ1) is 18.2. The Labute approximate surface area is 232 Å². The fraction of sp³-hybridized carbons (Fsp3) is 0.548.